The third kappa shape index (κ3) is 4.41. The summed E-state index contributed by atoms with van der Waals surface area (Å²) in [4.78, 5) is 0. The molecule has 256 valence electrons. The van der Waals surface area contributed by atoms with E-state index in [4.69, 9.17) is 0 Å². The van der Waals surface area contributed by atoms with E-state index in [0.717, 1.165) is 22.2 Å². The van der Waals surface area contributed by atoms with E-state index in [9.17, 15) is 39.2 Å². The zero-order valence-corrected chi connectivity index (χ0v) is 26.0. The maximum atomic E-state index is 15.1. The molecular formula is C37H21F9O3S. The van der Waals surface area contributed by atoms with Crippen molar-refractivity contribution in [3.8, 4) is 16.9 Å². The van der Waals surface area contributed by atoms with Crippen LogP contribution in [0.15, 0.2) is 127 Å². The summed E-state index contributed by atoms with van der Waals surface area (Å²) in [5.74, 6) is -15.9. The number of rotatable bonds is 7. The summed E-state index contributed by atoms with van der Waals surface area (Å²) < 4.78 is 156. The predicted octanol–water partition coefficient (Wildman–Crippen LogP) is 10.5. The molecule has 0 fully saturated rings. The monoisotopic (exact) mass is 716 g/mol. The van der Waals surface area contributed by atoms with Crippen LogP contribution in [0.25, 0.3) is 32.7 Å². The average Bonchev–Trinajstić information content (AvgIpc) is 3.40. The molecule has 0 unspecified atom stereocenters. The molecule has 0 bridgehead atoms. The first-order valence-corrected chi connectivity index (χ1v) is 16.2. The first-order valence-electron chi connectivity index (χ1n) is 14.8. The molecule has 0 radical (unpaired) electrons. The Labute approximate surface area is 278 Å². The van der Waals surface area contributed by atoms with Crippen LogP contribution in [0.4, 0.5) is 39.5 Å². The van der Waals surface area contributed by atoms with Crippen LogP contribution < -0.4 is 4.18 Å². The molecular weight excluding hydrogens is 695 g/mol. The molecule has 0 aromatic heterocycles. The zero-order valence-electron chi connectivity index (χ0n) is 25.2. The lowest BCUT2D eigenvalue weighted by Crippen LogP contribution is -2.63. The number of halogens is 9. The van der Waals surface area contributed by atoms with Gasteiger partial charge < -0.3 is 4.18 Å². The van der Waals surface area contributed by atoms with E-state index < -0.39 is 44.6 Å². The van der Waals surface area contributed by atoms with Crippen LogP contribution >= 0.6 is 0 Å². The molecule has 1 aliphatic carbocycles. The van der Waals surface area contributed by atoms with Crippen molar-refractivity contribution in [1.82, 2.24) is 0 Å². The lowest BCUT2D eigenvalue weighted by molar-refractivity contribution is -0.382. The Balaban J connectivity index is 1.58. The second-order valence-electron chi connectivity index (χ2n) is 11.7. The average molecular weight is 717 g/mol. The van der Waals surface area contributed by atoms with Crippen molar-refractivity contribution in [2.24, 2.45) is 0 Å². The summed E-state index contributed by atoms with van der Waals surface area (Å²) in [7, 11) is -7.28. The Kier molecular flexibility index (Phi) is 7.35. The molecule has 3 nitrogen and oxygen atoms in total. The third-order valence-electron chi connectivity index (χ3n) is 9.03. The van der Waals surface area contributed by atoms with E-state index in [-0.39, 0.29) is 11.1 Å². The molecule has 0 atom stereocenters. The number of alkyl halides is 9. The maximum absolute atomic E-state index is 15.1. The molecule has 6 aromatic rings. The molecule has 0 saturated heterocycles. The van der Waals surface area contributed by atoms with Gasteiger partial charge in [0.1, 0.15) is 5.75 Å². The lowest BCUT2D eigenvalue weighted by Gasteiger charge is -2.35. The fourth-order valence-electron chi connectivity index (χ4n) is 6.85. The molecule has 0 saturated carbocycles. The van der Waals surface area contributed by atoms with E-state index in [1.807, 2.05) is 30.3 Å². The largest absolute Gasteiger partial charge is 0.460 e. The molecule has 7 rings (SSSR count). The number of benzene rings is 6. The molecule has 1 aliphatic rings. The van der Waals surface area contributed by atoms with Crippen LogP contribution in [0.1, 0.15) is 22.3 Å². The van der Waals surface area contributed by atoms with E-state index in [1.54, 1.807) is 78.9 Å². The second kappa shape index (κ2) is 11.0. The number of hydrogen-bond donors (Lipinski definition) is 0. The number of fused-ring (bicyclic) bond motifs is 7. The van der Waals surface area contributed by atoms with Gasteiger partial charge in [-0.2, -0.15) is 47.9 Å². The molecule has 13 heteroatoms. The maximum Gasteiger partial charge on any atom is 0.460 e. The minimum atomic E-state index is -7.47. The van der Waals surface area contributed by atoms with E-state index in [2.05, 4.69) is 4.18 Å². The highest BCUT2D eigenvalue weighted by molar-refractivity contribution is 7.88. The van der Waals surface area contributed by atoms with Crippen molar-refractivity contribution in [3.63, 3.8) is 0 Å². The highest BCUT2D eigenvalue weighted by Crippen LogP contribution is 2.62. The second-order valence-corrected chi connectivity index (χ2v) is 13.3. The normalized spacial score (nSPS) is 14.8. The van der Waals surface area contributed by atoms with E-state index >= 15 is 8.78 Å². The first kappa shape index (κ1) is 33.5. The molecule has 0 heterocycles. The predicted molar refractivity (Wildman–Crippen MR) is 169 cm³/mol. The Hall–Kier alpha value is -5.04. The number of hydrogen-bond acceptors (Lipinski definition) is 3. The Morgan fingerprint density at radius 2 is 1.08 bits per heavy atom. The molecule has 6 aromatic carbocycles. The van der Waals surface area contributed by atoms with Gasteiger partial charge in [-0.3, -0.25) is 0 Å². The van der Waals surface area contributed by atoms with Gasteiger partial charge in [0.2, 0.25) is 0 Å². The van der Waals surface area contributed by atoms with Gasteiger partial charge in [0, 0.05) is 5.56 Å². The van der Waals surface area contributed by atoms with Crippen LogP contribution in [0.2, 0.25) is 0 Å². The molecule has 0 aliphatic heterocycles. The molecule has 0 spiro atoms. The van der Waals surface area contributed by atoms with Gasteiger partial charge in [0.15, 0.2) is 0 Å². The summed E-state index contributed by atoms with van der Waals surface area (Å²) in [5.41, 5.74) is 0.363. The first-order chi connectivity index (χ1) is 23.5. The van der Waals surface area contributed by atoms with Gasteiger partial charge in [0.25, 0.3) is 0 Å². The highest BCUT2D eigenvalue weighted by Gasteiger charge is 2.86. The minimum absolute atomic E-state index is 0.141. The summed E-state index contributed by atoms with van der Waals surface area (Å²) in [6.45, 7) is 0. The fraction of sp³-hybridized carbons (Fsp3) is 0.135. The van der Waals surface area contributed by atoms with Crippen LogP contribution in [-0.4, -0.2) is 31.7 Å². The quantitative estimate of drug-likeness (QED) is 0.0937. The van der Waals surface area contributed by atoms with Crippen LogP contribution in [0.5, 0.6) is 5.75 Å². The van der Waals surface area contributed by atoms with Gasteiger partial charge in [-0.05, 0) is 55.4 Å². The Morgan fingerprint density at radius 3 is 1.68 bits per heavy atom. The van der Waals surface area contributed by atoms with Gasteiger partial charge in [-0.15, -0.1) is 0 Å². The summed E-state index contributed by atoms with van der Waals surface area (Å²) in [6, 6.07) is 34.8. The smallest absolute Gasteiger partial charge is 0.378 e. The third-order valence-corrected chi connectivity index (χ3v) is 10.3. The summed E-state index contributed by atoms with van der Waals surface area (Å²) in [6.07, 6.45) is -7.23. The van der Waals surface area contributed by atoms with E-state index in [1.165, 1.54) is 12.1 Å². The molecule has 50 heavy (non-hydrogen) atoms. The topological polar surface area (TPSA) is 43.4 Å². The Morgan fingerprint density at radius 1 is 0.540 bits per heavy atom. The highest BCUT2D eigenvalue weighted by atomic mass is 32.2. The standard InChI is InChI=1S/C37H21F9O3S/c38-34(39,36(42,43)44)35(40,41)37(45,46)50(47,48)49-29-17-9-16-27-31-28(21-20-23-19-18-22-10-7-8-15-26(22)30(23)31)33(32(27)29,24-11-3-1-4-12-24)25-13-5-2-6-14-25/h1-21H. The zero-order chi connectivity index (χ0) is 35.9. The van der Waals surface area contributed by atoms with Crippen molar-refractivity contribution in [2.45, 2.75) is 28.7 Å². The van der Waals surface area contributed by atoms with Crippen LogP contribution in [0, 0.1) is 0 Å². The van der Waals surface area contributed by atoms with Crippen molar-refractivity contribution in [2.75, 3.05) is 0 Å². The van der Waals surface area contributed by atoms with Crippen molar-refractivity contribution < 1.29 is 52.1 Å². The van der Waals surface area contributed by atoms with E-state index in [0.29, 0.717) is 27.6 Å². The van der Waals surface area contributed by atoms with Gasteiger partial charge in [0.05, 0.1) is 5.41 Å². The Bertz CT molecular complexity index is 2350. The van der Waals surface area contributed by atoms with Crippen LogP contribution in [-0.2, 0) is 15.5 Å². The molecule has 0 N–H and O–H groups in total. The lowest BCUT2D eigenvalue weighted by atomic mass is 9.67. The van der Waals surface area contributed by atoms with Gasteiger partial charge in [-0.1, -0.05) is 121 Å². The van der Waals surface area contributed by atoms with Crippen molar-refractivity contribution in [1.29, 1.82) is 0 Å². The van der Waals surface area contributed by atoms with Crippen molar-refractivity contribution >= 4 is 31.7 Å². The van der Waals surface area contributed by atoms with Gasteiger partial charge in [-0.25, -0.2) is 0 Å². The summed E-state index contributed by atoms with van der Waals surface area (Å²) in [5, 5.41) is -4.10. The van der Waals surface area contributed by atoms with Gasteiger partial charge >= 0.3 is 33.4 Å². The summed E-state index contributed by atoms with van der Waals surface area (Å²) >= 11 is 0. The molecule has 0 amide bonds. The SMILES string of the molecule is O=S(=O)(Oc1cccc2c1C(c1ccccc1)(c1ccccc1)c1ccc3ccc4ccccc4c3c1-2)C(F)(F)C(F)(F)C(F)(F)C(F)(F)F. The fourth-order valence-corrected chi connectivity index (χ4v) is 7.77. The van der Waals surface area contributed by atoms with Crippen LogP contribution in [0.3, 0.4) is 0 Å². The minimum Gasteiger partial charge on any atom is -0.378 e. The van der Waals surface area contributed by atoms with Crippen molar-refractivity contribution in [3.05, 3.63) is 150 Å².